The molecule has 0 spiro atoms. The first-order valence-corrected chi connectivity index (χ1v) is 8.15. The first-order chi connectivity index (χ1) is 11.6. The van der Waals surface area contributed by atoms with Gasteiger partial charge in [-0.25, -0.2) is 0 Å². The Morgan fingerprint density at radius 3 is 2.71 bits per heavy atom. The van der Waals surface area contributed by atoms with Crippen molar-refractivity contribution in [3.63, 3.8) is 0 Å². The molecule has 24 heavy (non-hydrogen) atoms. The molecule has 1 aliphatic heterocycles. The van der Waals surface area contributed by atoms with E-state index in [1.54, 1.807) is 24.3 Å². The van der Waals surface area contributed by atoms with Crippen LogP contribution in [0.2, 0.25) is 0 Å². The molecule has 2 aromatic carbocycles. The third-order valence-corrected chi connectivity index (χ3v) is 4.34. The van der Waals surface area contributed by atoms with Gasteiger partial charge in [0.05, 0.1) is 5.92 Å². The fraction of sp³-hybridized carbons (Fsp3) is 0.278. The van der Waals surface area contributed by atoms with Gasteiger partial charge in [0, 0.05) is 18.8 Å². The third-order valence-electron chi connectivity index (χ3n) is 4.34. The largest absolute Gasteiger partial charge is 0.488 e. The van der Waals surface area contributed by atoms with Gasteiger partial charge in [-0.15, -0.1) is 0 Å². The average molecular weight is 324 g/mol. The van der Waals surface area contributed by atoms with Gasteiger partial charge in [-0.3, -0.25) is 9.69 Å². The predicted octanol–water partition coefficient (Wildman–Crippen LogP) is 0.827. The molecule has 124 valence electrons. The van der Waals surface area contributed by atoms with Crippen LogP contribution in [0.3, 0.4) is 0 Å². The first-order valence-electron chi connectivity index (χ1n) is 8.15. The topological polar surface area (TPSA) is 72.8 Å². The minimum Gasteiger partial charge on any atom is -0.423 e. The molecule has 0 saturated carbocycles. The highest BCUT2D eigenvalue weighted by atomic mass is 16.4. The Balaban J connectivity index is 1.56. The second-order valence-electron chi connectivity index (χ2n) is 6.19. The summed E-state index contributed by atoms with van der Waals surface area (Å²) in [5, 5.41) is 21.3. The summed E-state index contributed by atoms with van der Waals surface area (Å²) in [6.45, 7) is 2.50. The molecule has 0 bridgehead atoms. The van der Waals surface area contributed by atoms with E-state index >= 15 is 0 Å². The third kappa shape index (κ3) is 4.23. The van der Waals surface area contributed by atoms with E-state index in [2.05, 4.69) is 22.3 Å². The molecule has 1 fully saturated rings. The maximum Gasteiger partial charge on any atom is 0.488 e. The Labute approximate surface area is 142 Å². The van der Waals surface area contributed by atoms with Crippen molar-refractivity contribution in [2.45, 2.75) is 13.0 Å². The van der Waals surface area contributed by atoms with Crippen LogP contribution in [-0.4, -0.2) is 41.1 Å². The highest BCUT2D eigenvalue weighted by molar-refractivity contribution is 6.58. The molecule has 0 aliphatic carbocycles. The monoisotopic (exact) mass is 324 g/mol. The zero-order chi connectivity index (χ0) is 16.9. The molecule has 2 aromatic rings. The van der Waals surface area contributed by atoms with Crippen LogP contribution in [0.1, 0.15) is 12.0 Å². The molecule has 6 heteroatoms. The summed E-state index contributed by atoms with van der Waals surface area (Å²) in [7, 11) is -1.53. The number of benzene rings is 2. The quantitative estimate of drug-likeness (QED) is 0.712. The Bertz CT molecular complexity index is 694. The molecule has 0 aromatic heterocycles. The SMILES string of the molecule is O=C(Nc1cccc(B(O)O)c1)[C@H]1CCN(Cc2ccccc2)C1. The number of carbonyl (C=O) groups is 1. The lowest BCUT2D eigenvalue weighted by Gasteiger charge is -2.16. The van der Waals surface area contributed by atoms with E-state index in [1.807, 2.05) is 18.2 Å². The van der Waals surface area contributed by atoms with Crippen LogP contribution in [0, 0.1) is 5.92 Å². The van der Waals surface area contributed by atoms with Gasteiger partial charge in [0.25, 0.3) is 0 Å². The van der Waals surface area contributed by atoms with E-state index in [9.17, 15) is 14.8 Å². The average Bonchev–Trinajstić information content (AvgIpc) is 3.04. The van der Waals surface area contributed by atoms with Crippen molar-refractivity contribution in [2.75, 3.05) is 18.4 Å². The molecule has 1 saturated heterocycles. The summed E-state index contributed by atoms with van der Waals surface area (Å²) in [4.78, 5) is 14.7. The van der Waals surface area contributed by atoms with Crippen molar-refractivity contribution in [3.05, 3.63) is 60.2 Å². The fourth-order valence-corrected chi connectivity index (χ4v) is 3.05. The number of amides is 1. The van der Waals surface area contributed by atoms with E-state index in [4.69, 9.17) is 0 Å². The fourth-order valence-electron chi connectivity index (χ4n) is 3.05. The number of hydrogen-bond acceptors (Lipinski definition) is 4. The number of rotatable bonds is 5. The summed E-state index contributed by atoms with van der Waals surface area (Å²) in [6, 6.07) is 16.9. The van der Waals surface area contributed by atoms with Crippen LogP contribution in [0.15, 0.2) is 54.6 Å². The van der Waals surface area contributed by atoms with Gasteiger partial charge in [0.1, 0.15) is 0 Å². The van der Waals surface area contributed by atoms with Crippen LogP contribution < -0.4 is 10.8 Å². The van der Waals surface area contributed by atoms with Crippen LogP contribution in [-0.2, 0) is 11.3 Å². The Morgan fingerprint density at radius 1 is 1.17 bits per heavy atom. The van der Waals surface area contributed by atoms with Gasteiger partial charge in [0.15, 0.2) is 0 Å². The standard InChI is InChI=1S/C18H21BN2O3/c22-18(20-17-8-4-7-16(11-17)19(23)24)15-9-10-21(13-15)12-14-5-2-1-3-6-14/h1-8,11,15,23-24H,9-10,12-13H2,(H,20,22)/t15-/m0/s1. The molecule has 1 atom stereocenters. The van der Waals surface area contributed by atoms with E-state index < -0.39 is 7.12 Å². The van der Waals surface area contributed by atoms with Gasteiger partial charge in [-0.2, -0.15) is 0 Å². The lowest BCUT2D eigenvalue weighted by Crippen LogP contribution is -2.31. The summed E-state index contributed by atoms with van der Waals surface area (Å²) in [5.41, 5.74) is 2.21. The molecule has 3 N–H and O–H groups in total. The normalized spacial score (nSPS) is 17.7. The molecule has 3 rings (SSSR count). The zero-order valence-electron chi connectivity index (χ0n) is 13.4. The van der Waals surface area contributed by atoms with Crippen molar-refractivity contribution in [3.8, 4) is 0 Å². The van der Waals surface area contributed by atoms with Crippen molar-refractivity contribution < 1.29 is 14.8 Å². The van der Waals surface area contributed by atoms with Crippen molar-refractivity contribution in [2.24, 2.45) is 5.92 Å². The second-order valence-corrected chi connectivity index (χ2v) is 6.19. The Kier molecular flexibility index (Phi) is 5.30. The molecule has 0 radical (unpaired) electrons. The van der Waals surface area contributed by atoms with E-state index in [0.29, 0.717) is 11.2 Å². The molecule has 0 unspecified atom stereocenters. The second kappa shape index (κ2) is 7.62. The first kappa shape index (κ1) is 16.7. The van der Waals surface area contributed by atoms with Gasteiger partial charge < -0.3 is 15.4 Å². The number of carbonyl (C=O) groups excluding carboxylic acids is 1. The van der Waals surface area contributed by atoms with Crippen molar-refractivity contribution in [1.29, 1.82) is 0 Å². The molecular formula is C18H21BN2O3. The molecular weight excluding hydrogens is 303 g/mol. The number of anilines is 1. The van der Waals surface area contributed by atoms with Crippen LogP contribution in [0.4, 0.5) is 5.69 Å². The van der Waals surface area contributed by atoms with Gasteiger partial charge in [-0.1, -0.05) is 42.5 Å². The summed E-state index contributed by atoms with van der Waals surface area (Å²) in [6.07, 6.45) is 0.834. The van der Waals surface area contributed by atoms with Crippen molar-refractivity contribution >= 4 is 24.2 Å². The predicted molar refractivity (Wildman–Crippen MR) is 94.7 cm³/mol. The minimum absolute atomic E-state index is 0.0184. The summed E-state index contributed by atoms with van der Waals surface area (Å²) < 4.78 is 0. The van der Waals surface area contributed by atoms with Gasteiger partial charge in [-0.05, 0) is 36.1 Å². The van der Waals surface area contributed by atoms with Gasteiger partial charge >= 0.3 is 7.12 Å². The van der Waals surface area contributed by atoms with E-state index in [-0.39, 0.29) is 11.8 Å². The number of nitrogens with zero attached hydrogens (tertiary/aromatic N) is 1. The summed E-state index contributed by atoms with van der Waals surface area (Å²) in [5.74, 6) is -0.0634. The van der Waals surface area contributed by atoms with Gasteiger partial charge in [0.2, 0.25) is 5.91 Å². The van der Waals surface area contributed by atoms with E-state index in [1.165, 1.54) is 5.56 Å². The maximum atomic E-state index is 12.4. The smallest absolute Gasteiger partial charge is 0.423 e. The number of hydrogen-bond donors (Lipinski definition) is 3. The molecule has 5 nitrogen and oxygen atoms in total. The lowest BCUT2D eigenvalue weighted by atomic mass is 9.80. The van der Waals surface area contributed by atoms with E-state index in [0.717, 1.165) is 26.1 Å². The molecule has 1 heterocycles. The number of nitrogens with one attached hydrogen (secondary N) is 1. The van der Waals surface area contributed by atoms with Crippen molar-refractivity contribution in [1.82, 2.24) is 4.90 Å². The molecule has 1 amide bonds. The lowest BCUT2D eigenvalue weighted by molar-refractivity contribution is -0.119. The number of likely N-dealkylation sites (tertiary alicyclic amines) is 1. The maximum absolute atomic E-state index is 12.4. The summed E-state index contributed by atoms with van der Waals surface area (Å²) >= 11 is 0. The van der Waals surface area contributed by atoms with Crippen LogP contribution in [0.25, 0.3) is 0 Å². The Morgan fingerprint density at radius 2 is 1.96 bits per heavy atom. The zero-order valence-corrected chi connectivity index (χ0v) is 13.4. The van der Waals surface area contributed by atoms with Crippen LogP contribution in [0.5, 0.6) is 0 Å². The van der Waals surface area contributed by atoms with Crippen LogP contribution >= 0.6 is 0 Å². The Hall–Kier alpha value is -2.15. The highest BCUT2D eigenvalue weighted by Crippen LogP contribution is 2.20. The minimum atomic E-state index is -1.53. The highest BCUT2D eigenvalue weighted by Gasteiger charge is 2.28. The molecule has 1 aliphatic rings.